The van der Waals surface area contributed by atoms with E-state index in [1.165, 1.54) is 0 Å². The van der Waals surface area contributed by atoms with E-state index >= 15 is 0 Å². The molecule has 1 heterocycles. The number of likely N-dealkylation sites (N-methyl/N-ethyl adjacent to an activating group) is 1. The minimum atomic E-state index is -0.285. The molecule has 0 aliphatic carbocycles. The van der Waals surface area contributed by atoms with Crippen LogP contribution in [0.25, 0.3) is 0 Å². The largest absolute Gasteiger partial charge is 0.494 e. The number of piperazine rings is 1. The van der Waals surface area contributed by atoms with Crippen LogP contribution < -0.4 is 20.3 Å². The van der Waals surface area contributed by atoms with E-state index < -0.39 is 0 Å². The number of ether oxygens (including phenoxy) is 1. The standard InChI is InChI=1S/C22H27ClN4O2S/c1-3-26-11-13-27(14-12-26)20-10-7-17(15-19(20)23)24-22(30)25-21(28)16-5-8-18(9-6-16)29-4-2/h5-10,15H,3-4,11-14H2,1-2H3,(H2,24,25,28,30). The highest BCUT2D eigenvalue weighted by Gasteiger charge is 2.18. The van der Waals surface area contributed by atoms with Crippen molar-refractivity contribution in [3.05, 3.63) is 53.1 Å². The molecule has 1 saturated heterocycles. The quantitative estimate of drug-likeness (QED) is 0.654. The molecule has 1 fully saturated rings. The Hall–Kier alpha value is -2.35. The average Bonchev–Trinajstić information content (AvgIpc) is 2.74. The third kappa shape index (κ3) is 5.84. The first-order valence-corrected chi connectivity index (χ1v) is 10.9. The first-order chi connectivity index (χ1) is 14.5. The van der Waals surface area contributed by atoms with Crippen molar-refractivity contribution in [3.8, 4) is 5.75 Å². The number of carbonyl (C=O) groups excluding carboxylic acids is 1. The molecule has 8 heteroatoms. The zero-order valence-corrected chi connectivity index (χ0v) is 18.9. The van der Waals surface area contributed by atoms with E-state index in [4.69, 9.17) is 28.6 Å². The van der Waals surface area contributed by atoms with Gasteiger partial charge in [0.05, 0.1) is 17.3 Å². The van der Waals surface area contributed by atoms with Gasteiger partial charge in [0.2, 0.25) is 0 Å². The van der Waals surface area contributed by atoms with Gasteiger partial charge in [0.25, 0.3) is 5.91 Å². The minimum absolute atomic E-state index is 0.217. The summed E-state index contributed by atoms with van der Waals surface area (Å²) in [5.41, 5.74) is 2.25. The molecule has 0 spiro atoms. The molecule has 1 amide bonds. The summed E-state index contributed by atoms with van der Waals surface area (Å²) in [5, 5.41) is 6.59. The van der Waals surface area contributed by atoms with E-state index in [1.807, 2.05) is 25.1 Å². The maximum atomic E-state index is 12.4. The van der Waals surface area contributed by atoms with Crippen LogP contribution in [0.4, 0.5) is 11.4 Å². The van der Waals surface area contributed by atoms with Crippen LogP contribution in [0, 0.1) is 0 Å². The molecule has 0 atom stereocenters. The summed E-state index contributed by atoms with van der Waals surface area (Å²) in [6, 6.07) is 12.7. The van der Waals surface area contributed by atoms with Crippen LogP contribution >= 0.6 is 23.8 Å². The predicted octanol–water partition coefficient (Wildman–Crippen LogP) is 4.01. The fourth-order valence-corrected chi connectivity index (χ4v) is 3.86. The summed E-state index contributed by atoms with van der Waals surface area (Å²) in [6.45, 7) is 9.73. The molecule has 2 aromatic rings. The summed E-state index contributed by atoms with van der Waals surface area (Å²) in [6.07, 6.45) is 0. The third-order valence-electron chi connectivity index (χ3n) is 5.02. The van der Waals surface area contributed by atoms with Gasteiger partial charge >= 0.3 is 0 Å². The second-order valence-electron chi connectivity index (χ2n) is 6.95. The molecule has 1 aliphatic heterocycles. The Morgan fingerprint density at radius 3 is 2.40 bits per heavy atom. The molecule has 1 aliphatic rings. The van der Waals surface area contributed by atoms with Gasteiger partial charge < -0.3 is 19.9 Å². The van der Waals surface area contributed by atoms with Crippen molar-refractivity contribution in [2.75, 3.05) is 49.5 Å². The lowest BCUT2D eigenvalue weighted by atomic mass is 10.2. The molecule has 6 nitrogen and oxygen atoms in total. The van der Waals surface area contributed by atoms with Gasteiger partial charge in [-0.05, 0) is 68.2 Å². The van der Waals surface area contributed by atoms with Crippen LogP contribution in [0.3, 0.4) is 0 Å². The Labute approximate surface area is 188 Å². The van der Waals surface area contributed by atoms with E-state index in [1.54, 1.807) is 24.3 Å². The predicted molar refractivity (Wildman–Crippen MR) is 127 cm³/mol. The third-order valence-corrected chi connectivity index (χ3v) is 5.53. The molecule has 0 radical (unpaired) electrons. The van der Waals surface area contributed by atoms with Crippen molar-refractivity contribution in [1.29, 1.82) is 0 Å². The van der Waals surface area contributed by atoms with E-state index in [0.717, 1.165) is 49.8 Å². The van der Waals surface area contributed by atoms with Crippen LogP contribution in [0.1, 0.15) is 24.2 Å². The molecular weight excluding hydrogens is 420 g/mol. The summed E-state index contributed by atoms with van der Waals surface area (Å²) >= 11 is 11.8. The van der Waals surface area contributed by atoms with Crippen LogP contribution in [0.2, 0.25) is 5.02 Å². The Bertz CT molecular complexity index is 883. The number of nitrogens with zero attached hydrogens (tertiary/aromatic N) is 2. The molecule has 0 bridgehead atoms. The number of thiocarbonyl (C=S) groups is 1. The van der Waals surface area contributed by atoms with Crippen molar-refractivity contribution in [2.45, 2.75) is 13.8 Å². The SMILES string of the molecule is CCOc1ccc(C(=O)NC(=S)Nc2ccc(N3CCN(CC)CC3)c(Cl)c2)cc1. The Morgan fingerprint density at radius 2 is 1.80 bits per heavy atom. The number of rotatable bonds is 6. The van der Waals surface area contributed by atoms with Crippen LogP contribution in [-0.4, -0.2) is 55.3 Å². The monoisotopic (exact) mass is 446 g/mol. The highest BCUT2D eigenvalue weighted by atomic mass is 35.5. The van der Waals surface area contributed by atoms with Gasteiger partial charge in [-0.1, -0.05) is 18.5 Å². The molecule has 3 rings (SSSR count). The molecule has 160 valence electrons. The number of anilines is 2. The molecule has 0 saturated carbocycles. The number of nitrogens with one attached hydrogen (secondary N) is 2. The second kappa shape index (κ2) is 10.6. The van der Waals surface area contributed by atoms with Gasteiger partial charge in [-0.15, -0.1) is 0 Å². The van der Waals surface area contributed by atoms with E-state index in [-0.39, 0.29) is 11.0 Å². The molecule has 30 heavy (non-hydrogen) atoms. The van der Waals surface area contributed by atoms with Gasteiger partial charge in [0, 0.05) is 37.4 Å². The van der Waals surface area contributed by atoms with Gasteiger partial charge in [-0.25, -0.2) is 0 Å². The topological polar surface area (TPSA) is 56.8 Å². The zero-order valence-electron chi connectivity index (χ0n) is 17.3. The number of hydrogen-bond acceptors (Lipinski definition) is 5. The first kappa shape index (κ1) is 22.3. The molecule has 0 aromatic heterocycles. The van der Waals surface area contributed by atoms with Crippen molar-refractivity contribution < 1.29 is 9.53 Å². The van der Waals surface area contributed by atoms with Crippen molar-refractivity contribution in [2.24, 2.45) is 0 Å². The Kier molecular flexibility index (Phi) is 7.90. The van der Waals surface area contributed by atoms with E-state index in [0.29, 0.717) is 17.2 Å². The van der Waals surface area contributed by atoms with E-state index in [2.05, 4.69) is 27.4 Å². The molecule has 2 aromatic carbocycles. The van der Waals surface area contributed by atoms with Crippen molar-refractivity contribution >= 4 is 46.2 Å². The summed E-state index contributed by atoms with van der Waals surface area (Å²) in [4.78, 5) is 17.1. The van der Waals surface area contributed by atoms with Gasteiger partial charge in [-0.2, -0.15) is 0 Å². The lowest BCUT2D eigenvalue weighted by molar-refractivity contribution is 0.0977. The number of benzene rings is 2. The number of carbonyl (C=O) groups is 1. The molecule has 2 N–H and O–H groups in total. The highest BCUT2D eigenvalue weighted by molar-refractivity contribution is 7.80. The van der Waals surface area contributed by atoms with Gasteiger partial charge in [-0.3, -0.25) is 10.1 Å². The Balaban J connectivity index is 1.56. The minimum Gasteiger partial charge on any atom is -0.494 e. The lowest BCUT2D eigenvalue weighted by Crippen LogP contribution is -2.46. The number of amides is 1. The van der Waals surface area contributed by atoms with Gasteiger partial charge in [0.1, 0.15) is 5.75 Å². The van der Waals surface area contributed by atoms with Crippen molar-refractivity contribution in [1.82, 2.24) is 10.2 Å². The lowest BCUT2D eigenvalue weighted by Gasteiger charge is -2.36. The first-order valence-electron chi connectivity index (χ1n) is 10.1. The summed E-state index contributed by atoms with van der Waals surface area (Å²) in [7, 11) is 0. The second-order valence-corrected chi connectivity index (χ2v) is 7.77. The molecule has 0 unspecified atom stereocenters. The summed E-state index contributed by atoms with van der Waals surface area (Å²) < 4.78 is 5.39. The maximum Gasteiger partial charge on any atom is 0.257 e. The van der Waals surface area contributed by atoms with Crippen LogP contribution in [0.5, 0.6) is 5.75 Å². The smallest absolute Gasteiger partial charge is 0.257 e. The Morgan fingerprint density at radius 1 is 1.10 bits per heavy atom. The van der Waals surface area contributed by atoms with Crippen molar-refractivity contribution in [3.63, 3.8) is 0 Å². The highest BCUT2D eigenvalue weighted by Crippen LogP contribution is 2.29. The van der Waals surface area contributed by atoms with Gasteiger partial charge in [0.15, 0.2) is 5.11 Å². The van der Waals surface area contributed by atoms with Crippen LogP contribution in [0.15, 0.2) is 42.5 Å². The summed E-state index contributed by atoms with van der Waals surface area (Å²) in [5.74, 6) is 0.438. The average molecular weight is 447 g/mol. The maximum absolute atomic E-state index is 12.4. The number of hydrogen-bond donors (Lipinski definition) is 2. The molecular formula is C22H27ClN4O2S. The number of halogens is 1. The zero-order chi connectivity index (χ0) is 21.5. The fraction of sp³-hybridized carbons (Fsp3) is 0.364. The van der Waals surface area contributed by atoms with E-state index in [9.17, 15) is 4.79 Å². The normalized spacial score (nSPS) is 14.3. The fourth-order valence-electron chi connectivity index (χ4n) is 3.35. The van der Waals surface area contributed by atoms with Crippen LogP contribution in [-0.2, 0) is 0 Å².